The third-order valence-corrected chi connectivity index (χ3v) is 2.19. The van der Waals surface area contributed by atoms with Crippen molar-refractivity contribution in [2.24, 2.45) is 10.9 Å². The average Bonchev–Trinajstić information content (AvgIpc) is 2.76. The van der Waals surface area contributed by atoms with Crippen LogP contribution < -0.4 is 5.73 Å². The van der Waals surface area contributed by atoms with E-state index in [4.69, 9.17) is 15.1 Å². The van der Waals surface area contributed by atoms with Gasteiger partial charge < -0.3 is 15.1 Å². The van der Waals surface area contributed by atoms with Crippen molar-refractivity contribution in [1.82, 2.24) is 5.16 Å². The lowest BCUT2D eigenvalue weighted by atomic mass is 10.2. The van der Waals surface area contributed by atoms with Gasteiger partial charge in [-0.05, 0) is 31.2 Å². The molecule has 0 amide bonds. The molecule has 2 rings (SSSR count). The summed E-state index contributed by atoms with van der Waals surface area (Å²) < 4.78 is 17.6. The summed E-state index contributed by atoms with van der Waals surface area (Å²) in [5.74, 6) is 0.402. The molecule has 5 nitrogen and oxygen atoms in total. The van der Waals surface area contributed by atoms with Crippen LogP contribution >= 0.6 is 0 Å². The van der Waals surface area contributed by atoms with Gasteiger partial charge in [0.2, 0.25) is 0 Å². The van der Waals surface area contributed by atoms with Crippen molar-refractivity contribution < 1.29 is 13.8 Å². The number of amidine groups is 1. The van der Waals surface area contributed by atoms with Crippen LogP contribution in [0.15, 0.2) is 40.0 Å². The van der Waals surface area contributed by atoms with Crippen LogP contribution in [0.4, 0.5) is 4.39 Å². The minimum Gasteiger partial charge on any atom is -0.386 e. The Kier molecular flexibility index (Phi) is 3.57. The maximum atomic E-state index is 12.7. The molecule has 0 atom stereocenters. The van der Waals surface area contributed by atoms with Crippen LogP contribution in [0.1, 0.15) is 17.0 Å². The van der Waals surface area contributed by atoms with Crippen LogP contribution in [0.3, 0.4) is 0 Å². The number of nitrogens with zero attached hydrogens (tertiary/aromatic N) is 2. The Labute approximate surface area is 103 Å². The first-order valence-electron chi connectivity index (χ1n) is 5.29. The van der Waals surface area contributed by atoms with Crippen LogP contribution in [0.25, 0.3) is 0 Å². The first-order valence-corrected chi connectivity index (χ1v) is 5.29. The summed E-state index contributed by atoms with van der Waals surface area (Å²) in [6.07, 6.45) is 0. The van der Waals surface area contributed by atoms with Crippen LogP contribution in [-0.2, 0) is 11.4 Å². The molecule has 0 aliphatic carbocycles. The van der Waals surface area contributed by atoms with E-state index in [1.54, 1.807) is 6.07 Å². The Morgan fingerprint density at radius 2 is 2.17 bits per heavy atom. The highest BCUT2D eigenvalue weighted by Crippen LogP contribution is 2.05. The highest BCUT2D eigenvalue weighted by molar-refractivity contribution is 5.96. The molecule has 1 aromatic carbocycles. The molecule has 18 heavy (non-hydrogen) atoms. The summed E-state index contributed by atoms with van der Waals surface area (Å²) in [6.45, 7) is 1.95. The van der Waals surface area contributed by atoms with Gasteiger partial charge in [-0.1, -0.05) is 10.3 Å². The summed E-state index contributed by atoms with van der Waals surface area (Å²) in [7, 11) is 0. The second-order valence-corrected chi connectivity index (χ2v) is 3.69. The Hall–Kier alpha value is -2.37. The average molecular weight is 249 g/mol. The molecule has 0 spiro atoms. The largest absolute Gasteiger partial charge is 0.386 e. The van der Waals surface area contributed by atoms with E-state index in [2.05, 4.69) is 10.3 Å². The maximum absolute atomic E-state index is 12.7. The van der Waals surface area contributed by atoms with E-state index in [1.165, 1.54) is 24.3 Å². The van der Waals surface area contributed by atoms with Gasteiger partial charge in [-0.25, -0.2) is 4.39 Å². The van der Waals surface area contributed by atoms with Gasteiger partial charge in [0.05, 0.1) is 5.69 Å². The van der Waals surface area contributed by atoms with Gasteiger partial charge in [0.15, 0.2) is 18.2 Å². The van der Waals surface area contributed by atoms with Gasteiger partial charge >= 0.3 is 0 Å². The smallest absolute Gasteiger partial charge is 0.177 e. The van der Waals surface area contributed by atoms with Gasteiger partial charge in [0, 0.05) is 11.6 Å². The van der Waals surface area contributed by atoms with E-state index in [9.17, 15) is 4.39 Å². The molecule has 1 aromatic heterocycles. The summed E-state index contributed by atoms with van der Waals surface area (Å²) in [4.78, 5) is 5.01. The molecule has 94 valence electrons. The normalized spacial score (nSPS) is 11.6. The second kappa shape index (κ2) is 5.31. The summed E-state index contributed by atoms with van der Waals surface area (Å²) in [5.41, 5.74) is 7.03. The van der Waals surface area contributed by atoms with Crippen LogP contribution in [-0.4, -0.2) is 11.0 Å². The van der Waals surface area contributed by atoms with Gasteiger partial charge in [-0.3, -0.25) is 0 Å². The molecule has 0 saturated carbocycles. The number of rotatable bonds is 4. The predicted octanol–water partition coefficient (Wildman–Crippen LogP) is 1.96. The summed E-state index contributed by atoms with van der Waals surface area (Å²) in [5, 5.41) is 7.42. The lowest BCUT2D eigenvalue weighted by Crippen LogP contribution is -2.13. The highest BCUT2D eigenvalue weighted by atomic mass is 19.1. The first kappa shape index (κ1) is 12.1. The second-order valence-electron chi connectivity index (χ2n) is 3.69. The molecular formula is C12H12FN3O2. The van der Waals surface area contributed by atoms with Crippen molar-refractivity contribution in [3.05, 3.63) is 53.2 Å². The van der Waals surface area contributed by atoms with Gasteiger partial charge in [0.1, 0.15) is 5.82 Å². The number of oxime groups is 1. The molecule has 1 heterocycles. The number of hydrogen-bond donors (Lipinski definition) is 1. The zero-order chi connectivity index (χ0) is 13.0. The topological polar surface area (TPSA) is 73.6 Å². The third kappa shape index (κ3) is 3.07. The number of benzene rings is 1. The first-order chi connectivity index (χ1) is 8.65. The molecule has 0 saturated heterocycles. The molecule has 0 fully saturated rings. The molecule has 6 heteroatoms. The van der Waals surface area contributed by atoms with Crippen molar-refractivity contribution in [2.45, 2.75) is 13.5 Å². The third-order valence-electron chi connectivity index (χ3n) is 2.19. The maximum Gasteiger partial charge on any atom is 0.177 e. The van der Waals surface area contributed by atoms with Crippen LogP contribution in [0, 0.1) is 12.7 Å². The highest BCUT2D eigenvalue weighted by Gasteiger charge is 2.02. The molecule has 0 aliphatic rings. The zero-order valence-corrected chi connectivity index (χ0v) is 9.76. The number of halogens is 1. The van der Waals surface area contributed by atoms with Crippen molar-refractivity contribution in [1.29, 1.82) is 0 Å². The monoisotopic (exact) mass is 249 g/mol. The van der Waals surface area contributed by atoms with Crippen LogP contribution in [0.2, 0.25) is 0 Å². The molecule has 0 unspecified atom stereocenters. The van der Waals surface area contributed by atoms with E-state index in [1.807, 2.05) is 6.92 Å². The van der Waals surface area contributed by atoms with Gasteiger partial charge in [-0.2, -0.15) is 0 Å². The Morgan fingerprint density at radius 3 is 2.78 bits per heavy atom. The molecule has 0 bridgehead atoms. The van der Waals surface area contributed by atoms with Gasteiger partial charge in [0.25, 0.3) is 0 Å². The van der Waals surface area contributed by atoms with E-state index in [0.717, 1.165) is 5.69 Å². The SMILES string of the molecule is Cc1cc(CO/N=C(\N)c2ccc(F)cc2)on1. The van der Waals surface area contributed by atoms with Crippen molar-refractivity contribution in [2.75, 3.05) is 0 Å². The quantitative estimate of drug-likeness (QED) is 0.510. The lowest BCUT2D eigenvalue weighted by molar-refractivity contribution is 0.109. The Bertz CT molecular complexity index is 549. The fraction of sp³-hybridized carbons (Fsp3) is 0.167. The summed E-state index contributed by atoms with van der Waals surface area (Å²) in [6, 6.07) is 7.39. The van der Waals surface area contributed by atoms with E-state index in [-0.39, 0.29) is 18.3 Å². The molecular weight excluding hydrogens is 237 g/mol. The summed E-state index contributed by atoms with van der Waals surface area (Å²) >= 11 is 0. The van der Waals surface area contributed by atoms with E-state index in [0.29, 0.717) is 11.3 Å². The molecule has 2 aromatic rings. The number of nitrogens with two attached hydrogens (primary N) is 1. The Balaban J connectivity index is 1.94. The minimum absolute atomic E-state index is 0.142. The van der Waals surface area contributed by atoms with Crippen molar-refractivity contribution in [3.63, 3.8) is 0 Å². The van der Waals surface area contributed by atoms with E-state index >= 15 is 0 Å². The Morgan fingerprint density at radius 1 is 1.44 bits per heavy atom. The predicted molar refractivity (Wildman–Crippen MR) is 63.2 cm³/mol. The zero-order valence-electron chi connectivity index (χ0n) is 9.76. The fourth-order valence-electron chi connectivity index (χ4n) is 1.32. The lowest BCUT2D eigenvalue weighted by Gasteiger charge is -2.00. The molecule has 0 aliphatic heterocycles. The van der Waals surface area contributed by atoms with Crippen molar-refractivity contribution in [3.8, 4) is 0 Å². The van der Waals surface area contributed by atoms with Gasteiger partial charge in [-0.15, -0.1) is 0 Å². The minimum atomic E-state index is -0.329. The molecule has 0 radical (unpaired) electrons. The van der Waals surface area contributed by atoms with E-state index < -0.39 is 0 Å². The van der Waals surface area contributed by atoms with Crippen LogP contribution in [0.5, 0.6) is 0 Å². The molecule has 2 N–H and O–H groups in total. The van der Waals surface area contributed by atoms with Crippen molar-refractivity contribution >= 4 is 5.84 Å². The number of hydrogen-bond acceptors (Lipinski definition) is 4. The number of aromatic nitrogens is 1. The number of aryl methyl sites for hydroxylation is 1. The fourth-order valence-corrected chi connectivity index (χ4v) is 1.32. The standard InChI is InChI=1S/C12H12FN3O2/c1-8-6-11(18-15-8)7-17-16-12(14)9-2-4-10(13)5-3-9/h2-6H,7H2,1H3,(H2,14,16).